The number of carbonyl (C=O) groups is 1. The van der Waals surface area contributed by atoms with Gasteiger partial charge < -0.3 is 14.8 Å². The monoisotopic (exact) mass is 406 g/mol. The molecule has 3 aromatic rings. The van der Waals surface area contributed by atoms with Crippen LogP contribution in [-0.4, -0.2) is 19.2 Å². The zero-order valence-electron chi connectivity index (χ0n) is 16.7. The molecule has 0 fully saturated rings. The van der Waals surface area contributed by atoms with Crippen molar-refractivity contribution in [3.63, 3.8) is 0 Å². The molecule has 6 heteroatoms. The summed E-state index contributed by atoms with van der Waals surface area (Å²) in [5.74, 6) is 0.747. The molecule has 0 aliphatic carbocycles. The van der Waals surface area contributed by atoms with Crippen molar-refractivity contribution in [3.05, 3.63) is 89.2 Å². The van der Waals surface area contributed by atoms with Crippen LogP contribution in [0.3, 0.4) is 0 Å². The Morgan fingerprint density at radius 2 is 1.80 bits per heavy atom. The van der Waals surface area contributed by atoms with Gasteiger partial charge in [0.15, 0.2) is 11.5 Å². The number of aryl methyl sites for hydroxylation is 1. The summed E-state index contributed by atoms with van der Waals surface area (Å²) in [5.41, 5.74) is 3.57. The van der Waals surface area contributed by atoms with Crippen LogP contribution in [0.5, 0.6) is 11.5 Å². The lowest BCUT2D eigenvalue weighted by Gasteiger charge is -2.20. The van der Waals surface area contributed by atoms with Gasteiger partial charge in [0.2, 0.25) is 12.7 Å². The summed E-state index contributed by atoms with van der Waals surface area (Å²) in [6.45, 7) is 2.34. The number of anilines is 1. The highest BCUT2D eigenvalue weighted by molar-refractivity contribution is 5.92. The van der Waals surface area contributed by atoms with Gasteiger partial charge in [-0.25, -0.2) is 4.39 Å². The average Bonchev–Trinajstić information content (AvgIpc) is 3.22. The highest BCUT2D eigenvalue weighted by Gasteiger charge is 2.17. The van der Waals surface area contributed by atoms with Crippen molar-refractivity contribution in [2.45, 2.75) is 19.4 Å². The van der Waals surface area contributed by atoms with E-state index in [-0.39, 0.29) is 31.1 Å². The normalized spacial score (nSPS) is 13.1. The maximum atomic E-state index is 13.8. The first-order chi connectivity index (χ1) is 14.6. The molecule has 0 spiro atoms. The molecule has 2 N–H and O–H groups in total. The molecule has 1 amide bonds. The van der Waals surface area contributed by atoms with Crippen LogP contribution in [0.1, 0.15) is 29.7 Å². The van der Waals surface area contributed by atoms with Crippen molar-refractivity contribution in [2.75, 3.05) is 18.7 Å². The third kappa shape index (κ3) is 4.60. The van der Waals surface area contributed by atoms with Gasteiger partial charge in [-0.15, -0.1) is 0 Å². The van der Waals surface area contributed by atoms with Crippen LogP contribution < -0.4 is 20.1 Å². The lowest BCUT2D eigenvalue weighted by molar-refractivity contribution is -0.115. The van der Waals surface area contributed by atoms with Crippen molar-refractivity contribution in [2.24, 2.45) is 0 Å². The Morgan fingerprint density at radius 3 is 2.57 bits per heavy atom. The Morgan fingerprint density at radius 1 is 1.00 bits per heavy atom. The second kappa shape index (κ2) is 8.97. The number of ether oxygens (including phenoxy) is 2. The van der Waals surface area contributed by atoms with Crippen LogP contribution in [0.15, 0.2) is 66.7 Å². The zero-order valence-corrected chi connectivity index (χ0v) is 16.7. The number of rotatable bonds is 7. The molecule has 0 unspecified atom stereocenters. The maximum Gasteiger partial charge on any atom is 0.238 e. The first-order valence-electron chi connectivity index (χ1n) is 9.89. The number of benzene rings is 3. The summed E-state index contributed by atoms with van der Waals surface area (Å²) in [4.78, 5) is 12.5. The molecule has 154 valence electrons. The van der Waals surface area contributed by atoms with E-state index in [2.05, 4.69) is 29.7 Å². The van der Waals surface area contributed by atoms with Crippen molar-refractivity contribution >= 4 is 11.6 Å². The Bertz CT molecular complexity index is 1040. The third-order valence-electron chi connectivity index (χ3n) is 5.03. The number of fused-ring (bicyclic) bond motifs is 1. The van der Waals surface area contributed by atoms with Gasteiger partial charge >= 0.3 is 0 Å². The van der Waals surface area contributed by atoms with Crippen LogP contribution >= 0.6 is 0 Å². The molecule has 3 aromatic carbocycles. The number of hydrogen-bond acceptors (Lipinski definition) is 4. The van der Waals surface area contributed by atoms with E-state index < -0.39 is 0 Å². The Balaban J connectivity index is 1.47. The van der Waals surface area contributed by atoms with Gasteiger partial charge in [-0.05, 0) is 47.4 Å². The minimum Gasteiger partial charge on any atom is -0.454 e. The van der Waals surface area contributed by atoms with E-state index in [9.17, 15) is 9.18 Å². The number of amides is 1. The highest BCUT2D eigenvalue weighted by Crippen LogP contribution is 2.34. The van der Waals surface area contributed by atoms with Crippen molar-refractivity contribution in [1.82, 2.24) is 5.32 Å². The van der Waals surface area contributed by atoms with Gasteiger partial charge in [0.25, 0.3) is 0 Å². The maximum absolute atomic E-state index is 13.8. The third-order valence-corrected chi connectivity index (χ3v) is 5.03. The Kier molecular flexibility index (Phi) is 5.95. The standard InChI is InChI=1S/C24H23FN2O3/c1-2-16-6-8-17(9-7-16)24(18-4-3-5-19(25)12-18)26-14-23(28)27-20-10-11-21-22(13-20)30-15-29-21/h3-13,24,26H,2,14-15H2,1H3,(H,27,28)/t24-/m0/s1. The van der Waals surface area contributed by atoms with Crippen molar-refractivity contribution < 1.29 is 18.7 Å². The molecule has 0 radical (unpaired) electrons. The number of carbonyl (C=O) groups excluding carboxylic acids is 1. The molecular formula is C24H23FN2O3. The summed E-state index contributed by atoms with van der Waals surface area (Å²) in [7, 11) is 0. The molecule has 5 nitrogen and oxygen atoms in total. The second-order valence-corrected chi connectivity index (χ2v) is 7.08. The van der Waals surface area contributed by atoms with Gasteiger partial charge in [-0.2, -0.15) is 0 Å². The number of hydrogen-bond donors (Lipinski definition) is 2. The quantitative estimate of drug-likeness (QED) is 0.609. The molecule has 0 saturated heterocycles. The molecule has 1 aliphatic rings. The molecule has 1 heterocycles. The van der Waals surface area contributed by atoms with E-state index in [1.54, 1.807) is 24.3 Å². The predicted octanol–water partition coefficient (Wildman–Crippen LogP) is 4.43. The fourth-order valence-corrected chi connectivity index (χ4v) is 3.43. The largest absolute Gasteiger partial charge is 0.454 e. The van der Waals surface area contributed by atoms with E-state index >= 15 is 0 Å². The minimum atomic E-state index is -0.311. The lowest BCUT2D eigenvalue weighted by Crippen LogP contribution is -2.32. The fourth-order valence-electron chi connectivity index (χ4n) is 3.43. The molecule has 1 atom stereocenters. The van der Waals surface area contributed by atoms with Crippen LogP contribution in [0.25, 0.3) is 0 Å². The van der Waals surface area contributed by atoms with Gasteiger partial charge in [-0.1, -0.05) is 43.3 Å². The molecule has 0 aromatic heterocycles. The summed E-state index contributed by atoms with van der Waals surface area (Å²) in [6.07, 6.45) is 0.941. The minimum absolute atomic E-state index is 0.0607. The first-order valence-corrected chi connectivity index (χ1v) is 9.89. The average molecular weight is 406 g/mol. The molecule has 0 saturated carbocycles. The summed E-state index contributed by atoms with van der Waals surface area (Å²) >= 11 is 0. The molecule has 4 rings (SSSR count). The summed E-state index contributed by atoms with van der Waals surface area (Å²) < 4.78 is 24.5. The first kappa shape index (κ1) is 19.9. The molecule has 1 aliphatic heterocycles. The van der Waals surface area contributed by atoms with Gasteiger partial charge in [0.05, 0.1) is 12.6 Å². The van der Waals surface area contributed by atoms with Crippen molar-refractivity contribution in [1.29, 1.82) is 0 Å². The van der Waals surface area contributed by atoms with E-state index in [4.69, 9.17) is 9.47 Å². The van der Waals surface area contributed by atoms with Crippen LogP contribution in [0, 0.1) is 5.82 Å². The van der Waals surface area contributed by atoms with Crippen LogP contribution in [0.2, 0.25) is 0 Å². The van der Waals surface area contributed by atoms with E-state index in [1.807, 2.05) is 18.2 Å². The zero-order chi connectivity index (χ0) is 20.9. The smallest absolute Gasteiger partial charge is 0.238 e. The van der Waals surface area contributed by atoms with E-state index in [1.165, 1.54) is 17.7 Å². The number of halogens is 1. The highest BCUT2D eigenvalue weighted by atomic mass is 19.1. The Labute approximate surface area is 174 Å². The van der Waals surface area contributed by atoms with Crippen molar-refractivity contribution in [3.8, 4) is 11.5 Å². The fraction of sp³-hybridized carbons (Fsp3) is 0.208. The lowest BCUT2D eigenvalue weighted by atomic mass is 9.97. The topological polar surface area (TPSA) is 59.6 Å². The SMILES string of the molecule is CCc1ccc([C@H](NCC(=O)Nc2ccc3c(c2)OCO3)c2cccc(F)c2)cc1. The van der Waals surface area contributed by atoms with Gasteiger partial charge in [-0.3, -0.25) is 10.1 Å². The number of nitrogens with one attached hydrogen (secondary N) is 2. The van der Waals surface area contributed by atoms with Crippen LogP contribution in [0.4, 0.5) is 10.1 Å². The summed E-state index contributed by atoms with van der Waals surface area (Å²) in [6, 6.07) is 19.5. The van der Waals surface area contributed by atoms with Crippen LogP contribution in [-0.2, 0) is 11.2 Å². The molecule has 30 heavy (non-hydrogen) atoms. The van der Waals surface area contributed by atoms with E-state index in [0.29, 0.717) is 17.2 Å². The van der Waals surface area contributed by atoms with Gasteiger partial charge in [0.1, 0.15) is 5.82 Å². The predicted molar refractivity (Wildman–Crippen MR) is 113 cm³/mol. The molecular weight excluding hydrogens is 383 g/mol. The Hall–Kier alpha value is -3.38. The summed E-state index contributed by atoms with van der Waals surface area (Å²) in [5, 5.41) is 6.10. The second-order valence-electron chi connectivity index (χ2n) is 7.08. The van der Waals surface area contributed by atoms with E-state index in [0.717, 1.165) is 17.5 Å². The van der Waals surface area contributed by atoms with Gasteiger partial charge in [0, 0.05) is 11.8 Å². The molecule has 0 bridgehead atoms.